The molecular formula is C15H18FIN2O. The minimum absolute atomic E-state index is 0.298. The first-order chi connectivity index (χ1) is 9.49. The van der Waals surface area contributed by atoms with Crippen LogP contribution in [0.5, 0.6) is 0 Å². The number of carbonyl (C=O) groups excluding carboxylic acids is 1. The fourth-order valence-electron chi connectivity index (χ4n) is 2.20. The molecule has 1 amide bonds. The summed E-state index contributed by atoms with van der Waals surface area (Å²) in [7, 11) is 0. The number of nitrogens with one attached hydrogen (secondary N) is 1. The van der Waals surface area contributed by atoms with E-state index in [0.29, 0.717) is 22.1 Å². The summed E-state index contributed by atoms with van der Waals surface area (Å²) in [5.74, 6) is -0.644. The van der Waals surface area contributed by atoms with Crippen LogP contribution < -0.4 is 5.32 Å². The number of carbonyl (C=O) groups is 1. The van der Waals surface area contributed by atoms with Crippen molar-refractivity contribution in [2.75, 3.05) is 5.32 Å². The Morgan fingerprint density at radius 2 is 2.00 bits per heavy atom. The Hall–Kier alpha value is -1.16. The largest absolute Gasteiger partial charge is 0.324 e. The number of nitriles is 1. The van der Waals surface area contributed by atoms with Gasteiger partial charge in [-0.1, -0.05) is 26.7 Å². The van der Waals surface area contributed by atoms with Gasteiger partial charge in [0, 0.05) is 3.57 Å². The number of rotatable bonds is 6. The van der Waals surface area contributed by atoms with Crippen LogP contribution in [0, 0.1) is 26.1 Å². The van der Waals surface area contributed by atoms with Gasteiger partial charge in [-0.2, -0.15) is 5.26 Å². The van der Waals surface area contributed by atoms with Gasteiger partial charge in [0.15, 0.2) is 0 Å². The van der Waals surface area contributed by atoms with E-state index in [1.165, 1.54) is 18.2 Å². The van der Waals surface area contributed by atoms with Crippen LogP contribution >= 0.6 is 22.6 Å². The lowest BCUT2D eigenvalue weighted by Gasteiger charge is -2.24. The molecule has 20 heavy (non-hydrogen) atoms. The van der Waals surface area contributed by atoms with Crippen molar-refractivity contribution in [1.82, 2.24) is 0 Å². The number of hydrogen-bond acceptors (Lipinski definition) is 2. The summed E-state index contributed by atoms with van der Waals surface area (Å²) in [6.07, 6.45) is 2.59. The molecule has 0 heterocycles. The molecule has 3 nitrogen and oxygen atoms in total. The first-order valence-corrected chi connectivity index (χ1v) is 7.74. The molecule has 0 saturated heterocycles. The number of benzene rings is 1. The fourth-order valence-corrected chi connectivity index (χ4v) is 2.81. The summed E-state index contributed by atoms with van der Waals surface area (Å²) in [4.78, 5) is 12.5. The molecule has 0 spiro atoms. The van der Waals surface area contributed by atoms with Crippen molar-refractivity contribution in [3.63, 3.8) is 0 Å². The van der Waals surface area contributed by atoms with E-state index in [9.17, 15) is 14.4 Å². The van der Waals surface area contributed by atoms with Gasteiger partial charge in [0.2, 0.25) is 5.91 Å². The Kier molecular flexibility index (Phi) is 6.40. The third-order valence-electron chi connectivity index (χ3n) is 3.18. The van der Waals surface area contributed by atoms with E-state index in [-0.39, 0.29) is 11.7 Å². The van der Waals surface area contributed by atoms with Gasteiger partial charge < -0.3 is 5.32 Å². The van der Waals surface area contributed by atoms with E-state index in [1.54, 1.807) is 0 Å². The average molecular weight is 388 g/mol. The molecule has 1 aromatic carbocycles. The Bertz CT molecular complexity index is 519. The molecule has 0 aliphatic heterocycles. The van der Waals surface area contributed by atoms with Crippen LogP contribution in [0.2, 0.25) is 0 Å². The topological polar surface area (TPSA) is 52.9 Å². The maximum atomic E-state index is 13.1. The van der Waals surface area contributed by atoms with Crippen molar-refractivity contribution in [1.29, 1.82) is 5.26 Å². The Morgan fingerprint density at radius 3 is 2.45 bits per heavy atom. The van der Waals surface area contributed by atoms with Crippen molar-refractivity contribution in [3.8, 4) is 6.07 Å². The fraction of sp³-hybridized carbons (Fsp3) is 0.467. The van der Waals surface area contributed by atoms with Gasteiger partial charge in [-0.05, 0) is 53.6 Å². The summed E-state index contributed by atoms with van der Waals surface area (Å²) in [5.41, 5.74) is -0.454. The minimum atomic E-state index is -0.999. The molecule has 0 aliphatic carbocycles. The molecule has 0 bridgehead atoms. The van der Waals surface area contributed by atoms with Crippen LogP contribution in [0.25, 0.3) is 0 Å². The second kappa shape index (κ2) is 7.58. The third kappa shape index (κ3) is 3.92. The molecule has 0 unspecified atom stereocenters. The van der Waals surface area contributed by atoms with Crippen LogP contribution in [-0.4, -0.2) is 5.91 Å². The molecule has 0 saturated carbocycles. The zero-order valence-corrected chi connectivity index (χ0v) is 13.8. The van der Waals surface area contributed by atoms with Crippen LogP contribution in [0.3, 0.4) is 0 Å². The lowest BCUT2D eigenvalue weighted by Crippen LogP contribution is -2.35. The molecule has 108 valence electrons. The maximum Gasteiger partial charge on any atom is 0.244 e. The van der Waals surface area contributed by atoms with E-state index in [4.69, 9.17) is 0 Å². The highest BCUT2D eigenvalue weighted by atomic mass is 127. The molecule has 1 rings (SSSR count). The summed E-state index contributed by atoms with van der Waals surface area (Å²) in [6, 6.07) is 6.35. The minimum Gasteiger partial charge on any atom is -0.324 e. The molecule has 1 aromatic rings. The van der Waals surface area contributed by atoms with Crippen LogP contribution in [0.15, 0.2) is 18.2 Å². The van der Waals surface area contributed by atoms with E-state index < -0.39 is 5.41 Å². The second-order valence-electron chi connectivity index (χ2n) is 4.77. The zero-order chi connectivity index (χ0) is 15.2. The van der Waals surface area contributed by atoms with E-state index >= 15 is 0 Å². The molecule has 0 atom stereocenters. The highest BCUT2D eigenvalue weighted by Gasteiger charge is 2.37. The van der Waals surface area contributed by atoms with Crippen molar-refractivity contribution in [2.24, 2.45) is 5.41 Å². The Labute approximate surface area is 132 Å². The van der Waals surface area contributed by atoms with Crippen molar-refractivity contribution >= 4 is 34.2 Å². The lowest BCUT2D eigenvalue weighted by atomic mass is 9.79. The molecule has 0 aromatic heterocycles. The first kappa shape index (κ1) is 16.9. The Balaban J connectivity index is 2.99. The van der Waals surface area contributed by atoms with Gasteiger partial charge in [-0.15, -0.1) is 0 Å². The molecule has 1 N–H and O–H groups in total. The normalized spacial score (nSPS) is 10.9. The van der Waals surface area contributed by atoms with Crippen LogP contribution in [0.4, 0.5) is 10.1 Å². The molecule has 0 fully saturated rings. The summed E-state index contributed by atoms with van der Waals surface area (Å²) >= 11 is 1.96. The SMILES string of the molecule is CCCC(C#N)(CCC)C(=O)Nc1ccc(F)cc1I. The molecule has 0 radical (unpaired) electrons. The number of anilines is 1. The number of halogens is 2. The quantitative estimate of drug-likeness (QED) is 0.731. The lowest BCUT2D eigenvalue weighted by molar-refractivity contribution is -0.123. The van der Waals surface area contributed by atoms with Gasteiger partial charge in [-0.25, -0.2) is 4.39 Å². The Morgan fingerprint density at radius 1 is 1.40 bits per heavy atom. The van der Waals surface area contributed by atoms with Crippen LogP contribution in [0.1, 0.15) is 39.5 Å². The van der Waals surface area contributed by atoms with E-state index in [1.807, 2.05) is 36.4 Å². The van der Waals surface area contributed by atoms with Crippen molar-refractivity contribution in [3.05, 3.63) is 27.6 Å². The summed E-state index contributed by atoms with van der Waals surface area (Å²) in [6.45, 7) is 3.91. The monoisotopic (exact) mass is 388 g/mol. The number of amides is 1. The molecule has 0 aliphatic rings. The summed E-state index contributed by atoms with van der Waals surface area (Å²) in [5, 5.41) is 12.2. The van der Waals surface area contributed by atoms with Crippen LogP contribution in [-0.2, 0) is 4.79 Å². The van der Waals surface area contributed by atoms with Gasteiger partial charge in [0.05, 0.1) is 11.8 Å². The van der Waals surface area contributed by atoms with Crippen molar-refractivity contribution < 1.29 is 9.18 Å². The van der Waals surface area contributed by atoms with Gasteiger partial charge in [0.1, 0.15) is 11.2 Å². The van der Waals surface area contributed by atoms with Crippen molar-refractivity contribution in [2.45, 2.75) is 39.5 Å². The highest BCUT2D eigenvalue weighted by Crippen LogP contribution is 2.31. The number of nitrogens with zero attached hydrogens (tertiary/aromatic N) is 1. The molecular weight excluding hydrogens is 370 g/mol. The third-order valence-corrected chi connectivity index (χ3v) is 4.07. The molecule has 5 heteroatoms. The van der Waals surface area contributed by atoms with Gasteiger partial charge in [-0.3, -0.25) is 4.79 Å². The van der Waals surface area contributed by atoms with Gasteiger partial charge in [0.25, 0.3) is 0 Å². The van der Waals surface area contributed by atoms with Gasteiger partial charge >= 0.3 is 0 Å². The highest BCUT2D eigenvalue weighted by molar-refractivity contribution is 14.1. The average Bonchev–Trinajstić information content (AvgIpc) is 2.41. The first-order valence-electron chi connectivity index (χ1n) is 6.67. The maximum absolute atomic E-state index is 13.1. The zero-order valence-electron chi connectivity index (χ0n) is 11.7. The number of hydrogen-bond donors (Lipinski definition) is 1. The predicted octanol–water partition coefficient (Wildman–Crippen LogP) is 4.48. The summed E-state index contributed by atoms with van der Waals surface area (Å²) < 4.78 is 13.7. The smallest absolute Gasteiger partial charge is 0.244 e. The second-order valence-corrected chi connectivity index (χ2v) is 5.93. The van der Waals surface area contributed by atoms with E-state index in [2.05, 4.69) is 11.4 Å². The predicted molar refractivity (Wildman–Crippen MR) is 85.6 cm³/mol. The standard InChI is InChI=1S/C15H18FIN2O/c1-3-7-15(10-18,8-4-2)14(20)19-13-6-5-11(16)9-12(13)17/h5-6,9H,3-4,7-8H2,1-2H3,(H,19,20). The van der Waals surface area contributed by atoms with E-state index in [0.717, 1.165) is 12.8 Å².